The molecule has 1 aromatic heterocycles. The number of amides is 1. The van der Waals surface area contributed by atoms with Crippen LogP contribution in [0.25, 0.3) is 11.0 Å². The van der Waals surface area contributed by atoms with E-state index in [9.17, 15) is 13.2 Å². The standard InChI is InChI=1S/C26H34N6O4S/c33-26(27-12-5-13-30-16-18-31(19-17-30)20-21-6-2-1-3-7-21)22-10-14-32(15-11-22)37(34,35)24-9-4-8-23-25(24)29-36-28-23/h1-4,6-9,22H,5,10-20H2,(H,27,33). The zero-order valence-corrected chi connectivity index (χ0v) is 21.8. The van der Waals surface area contributed by atoms with Gasteiger partial charge in [-0.25, -0.2) is 13.0 Å². The van der Waals surface area contributed by atoms with Crippen molar-refractivity contribution in [2.24, 2.45) is 5.92 Å². The second-order valence-electron chi connectivity index (χ2n) is 9.81. The second-order valence-corrected chi connectivity index (χ2v) is 11.7. The van der Waals surface area contributed by atoms with Gasteiger partial charge in [0.1, 0.15) is 10.4 Å². The van der Waals surface area contributed by atoms with Crippen LogP contribution < -0.4 is 5.32 Å². The largest absolute Gasteiger partial charge is 0.356 e. The number of nitrogens with zero attached hydrogens (tertiary/aromatic N) is 5. The number of fused-ring (bicyclic) bond motifs is 1. The van der Waals surface area contributed by atoms with Crippen LogP contribution in [0.15, 0.2) is 58.1 Å². The first-order valence-electron chi connectivity index (χ1n) is 13.0. The van der Waals surface area contributed by atoms with Crippen molar-refractivity contribution in [1.29, 1.82) is 0 Å². The number of carbonyl (C=O) groups is 1. The fourth-order valence-corrected chi connectivity index (χ4v) is 6.76. The van der Waals surface area contributed by atoms with Crippen LogP contribution in [0.2, 0.25) is 0 Å². The van der Waals surface area contributed by atoms with E-state index in [0.717, 1.165) is 45.7 Å². The van der Waals surface area contributed by atoms with Gasteiger partial charge in [0.15, 0.2) is 5.52 Å². The molecule has 0 bridgehead atoms. The van der Waals surface area contributed by atoms with Crippen LogP contribution >= 0.6 is 0 Å². The normalized spacial score (nSPS) is 18.8. The van der Waals surface area contributed by atoms with E-state index in [1.165, 1.54) is 15.9 Å². The van der Waals surface area contributed by atoms with E-state index in [4.69, 9.17) is 4.63 Å². The highest BCUT2D eigenvalue weighted by atomic mass is 32.2. The van der Waals surface area contributed by atoms with Crippen LogP contribution in [-0.2, 0) is 21.4 Å². The van der Waals surface area contributed by atoms with Gasteiger partial charge in [0.2, 0.25) is 15.9 Å². The maximum atomic E-state index is 13.2. The number of rotatable bonds is 9. The zero-order valence-electron chi connectivity index (χ0n) is 21.0. The summed E-state index contributed by atoms with van der Waals surface area (Å²) in [6.45, 7) is 7.43. The molecule has 0 spiro atoms. The molecule has 2 aromatic carbocycles. The Hall–Kier alpha value is -2.86. The van der Waals surface area contributed by atoms with E-state index < -0.39 is 10.0 Å². The first-order valence-corrected chi connectivity index (χ1v) is 14.4. The fraction of sp³-hybridized carbons (Fsp3) is 0.500. The minimum absolute atomic E-state index is 0.0209. The van der Waals surface area contributed by atoms with Gasteiger partial charge in [0, 0.05) is 58.3 Å². The molecule has 0 aliphatic carbocycles. The molecule has 0 unspecified atom stereocenters. The third-order valence-electron chi connectivity index (χ3n) is 7.36. The van der Waals surface area contributed by atoms with Gasteiger partial charge in [-0.15, -0.1) is 0 Å². The highest BCUT2D eigenvalue weighted by Crippen LogP contribution is 2.27. The topological polar surface area (TPSA) is 112 Å². The summed E-state index contributed by atoms with van der Waals surface area (Å²) in [7, 11) is -3.73. The van der Waals surface area contributed by atoms with E-state index in [0.29, 0.717) is 38.0 Å². The lowest BCUT2D eigenvalue weighted by molar-refractivity contribution is -0.126. The molecule has 0 radical (unpaired) electrons. The summed E-state index contributed by atoms with van der Waals surface area (Å²) >= 11 is 0. The zero-order chi connectivity index (χ0) is 25.7. The van der Waals surface area contributed by atoms with Crippen molar-refractivity contribution >= 4 is 27.0 Å². The Kier molecular flexibility index (Phi) is 8.14. The Balaban J connectivity index is 1.00. The van der Waals surface area contributed by atoms with E-state index in [-0.39, 0.29) is 22.2 Å². The van der Waals surface area contributed by atoms with Gasteiger partial charge in [0.05, 0.1) is 0 Å². The number of nitrogens with one attached hydrogen (secondary N) is 1. The van der Waals surface area contributed by atoms with Crippen molar-refractivity contribution in [3.8, 4) is 0 Å². The SMILES string of the molecule is O=C(NCCCN1CCN(Cc2ccccc2)CC1)C1CCN(S(=O)(=O)c2cccc3nonc23)CC1. The number of piperidine rings is 1. The molecule has 198 valence electrons. The molecule has 37 heavy (non-hydrogen) atoms. The molecule has 3 aromatic rings. The van der Waals surface area contributed by atoms with Gasteiger partial charge in [-0.05, 0) is 53.8 Å². The van der Waals surface area contributed by atoms with Crippen LogP contribution in [0.1, 0.15) is 24.8 Å². The number of piperazine rings is 1. The Bertz CT molecular complexity index is 1280. The molecule has 5 rings (SSSR count). The third kappa shape index (κ3) is 6.18. The van der Waals surface area contributed by atoms with Gasteiger partial charge in [-0.2, -0.15) is 4.31 Å². The van der Waals surface area contributed by atoms with Crippen LogP contribution in [0.4, 0.5) is 0 Å². The van der Waals surface area contributed by atoms with E-state index in [1.54, 1.807) is 12.1 Å². The Labute approximate surface area is 217 Å². The van der Waals surface area contributed by atoms with E-state index >= 15 is 0 Å². The van der Waals surface area contributed by atoms with Crippen molar-refractivity contribution in [3.63, 3.8) is 0 Å². The number of benzene rings is 2. The summed E-state index contributed by atoms with van der Waals surface area (Å²) in [5, 5.41) is 10.6. The summed E-state index contributed by atoms with van der Waals surface area (Å²) in [6.07, 6.45) is 1.91. The molecule has 1 N–H and O–H groups in total. The maximum Gasteiger partial charge on any atom is 0.245 e. The quantitative estimate of drug-likeness (QED) is 0.421. The van der Waals surface area contributed by atoms with Crippen molar-refractivity contribution in [3.05, 3.63) is 54.1 Å². The molecule has 0 saturated carbocycles. The molecule has 11 heteroatoms. The summed E-state index contributed by atoms with van der Waals surface area (Å²) in [5.41, 5.74) is 2.00. The van der Waals surface area contributed by atoms with Gasteiger partial charge >= 0.3 is 0 Å². The lowest BCUT2D eigenvalue weighted by Crippen LogP contribution is -2.46. The summed E-state index contributed by atoms with van der Waals surface area (Å²) in [4.78, 5) is 17.7. The van der Waals surface area contributed by atoms with Crippen molar-refractivity contribution in [1.82, 2.24) is 29.7 Å². The van der Waals surface area contributed by atoms with Crippen LogP contribution in [0.3, 0.4) is 0 Å². The predicted molar refractivity (Wildman–Crippen MR) is 139 cm³/mol. The monoisotopic (exact) mass is 526 g/mol. The fourth-order valence-electron chi connectivity index (χ4n) is 5.16. The first-order chi connectivity index (χ1) is 18.0. The van der Waals surface area contributed by atoms with Crippen LogP contribution in [-0.4, -0.2) is 91.1 Å². The number of sulfonamides is 1. The van der Waals surface area contributed by atoms with Crippen LogP contribution in [0.5, 0.6) is 0 Å². The molecule has 2 fully saturated rings. The molecule has 2 aliphatic heterocycles. The molecule has 2 aliphatic rings. The minimum atomic E-state index is -3.73. The molecule has 3 heterocycles. The number of hydrogen-bond acceptors (Lipinski definition) is 8. The molecule has 10 nitrogen and oxygen atoms in total. The van der Waals surface area contributed by atoms with Gasteiger partial charge in [0.25, 0.3) is 0 Å². The molecule has 2 saturated heterocycles. The summed E-state index contributed by atoms with van der Waals surface area (Å²) < 4.78 is 32.4. The summed E-state index contributed by atoms with van der Waals surface area (Å²) in [5.74, 6) is -0.148. The maximum absolute atomic E-state index is 13.2. The summed E-state index contributed by atoms with van der Waals surface area (Å²) in [6, 6.07) is 15.4. The van der Waals surface area contributed by atoms with Crippen molar-refractivity contribution in [2.75, 3.05) is 52.4 Å². The average Bonchev–Trinajstić information content (AvgIpc) is 3.42. The highest BCUT2D eigenvalue weighted by molar-refractivity contribution is 7.89. The first kappa shape index (κ1) is 25.8. The molecule has 1 amide bonds. The Morgan fingerprint density at radius 1 is 0.919 bits per heavy atom. The lowest BCUT2D eigenvalue weighted by atomic mass is 9.97. The van der Waals surface area contributed by atoms with E-state index in [2.05, 4.69) is 49.7 Å². The smallest absolute Gasteiger partial charge is 0.245 e. The van der Waals surface area contributed by atoms with Crippen molar-refractivity contribution in [2.45, 2.75) is 30.7 Å². The third-order valence-corrected chi connectivity index (χ3v) is 9.29. The predicted octanol–water partition coefficient (Wildman–Crippen LogP) is 1.95. The Morgan fingerprint density at radius 3 is 2.41 bits per heavy atom. The van der Waals surface area contributed by atoms with Gasteiger partial charge in [-0.3, -0.25) is 9.69 Å². The number of aromatic nitrogens is 2. The number of carbonyl (C=O) groups excluding carboxylic acids is 1. The van der Waals surface area contributed by atoms with Gasteiger partial charge < -0.3 is 10.2 Å². The second kappa shape index (κ2) is 11.7. The van der Waals surface area contributed by atoms with Crippen molar-refractivity contribution < 1.29 is 17.8 Å². The van der Waals surface area contributed by atoms with Gasteiger partial charge in [-0.1, -0.05) is 36.4 Å². The molecular weight excluding hydrogens is 492 g/mol. The van der Waals surface area contributed by atoms with E-state index in [1.807, 2.05) is 6.07 Å². The number of hydrogen-bond donors (Lipinski definition) is 1. The molecular formula is C26H34N6O4S. The average molecular weight is 527 g/mol. The van der Waals surface area contributed by atoms with Crippen LogP contribution in [0, 0.1) is 5.92 Å². The minimum Gasteiger partial charge on any atom is -0.356 e. The highest BCUT2D eigenvalue weighted by Gasteiger charge is 2.33. The molecule has 0 atom stereocenters. The lowest BCUT2D eigenvalue weighted by Gasteiger charge is -2.34. The Morgan fingerprint density at radius 2 is 1.65 bits per heavy atom.